The van der Waals surface area contributed by atoms with Crippen LogP contribution in [0.4, 0.5) is 0 Å². The monoisotopic (exact) mass is 291 g/mol. The van der Waals surface area contributed by atoms with Gasteiger partial charge in [-0.25, -0.2) is 0 Å². The highest BCUT2D eigenvalue weighted by molar-refractivity contribution is 6.00. The highest BCUT2D eigenvalue weighted by atomic mass is 16.5. The fourth-order valence-electron chi connectivity index (χ4n) is 3.17. The maximum atomic E-state index is 13.0. The van der Waals surface area contributed by atoms with Crippen molar-refractivity contribution in [3.63, 3.8) is 0 Å². The molecule has 1 fully saturated rings. The third-order valence-corrected chi connectivity index (χ3v) is 4.26. The zero-order valence-electron chi connectivity index (χ0n) is 13.2. The fraction of sp³-hybridized carbons (Fsp3) is 0.588. The van der Waals surface area contributed by atoms with Gasteiger partial charge in [-0.2, -0.15) is 0 Å². The Morgan fingerprint density at radius 2 is 1.71 bits per heavy atom. The van der Waals surface area contributed by atoms with E-state index >= 15 is 0 Å². The number of carbonyl (C=O) groups excluding carboxylic acids is 1. The molecule has 0 atom stereocenters. The quantitative estimate of drug-likeness (QED) is 0.833. The molecule has 0 radical (unpaired) electrons. The van der Waals surface area contributed by atoms with Crippen LogP contribution in [-0.4, -0.2) is 37.6 Å². The molecule has 4 nitrogen and oxygen atoms in total. The number of amides is 1. The van der Waals surface area contributed by atoms with Crippen LogP contribution < -0.4 is 9.47 Å². The summed E-state index contributed by atoms with van der Waals surface area (Å²) in [6, 6.07) is 5.80. The minimum absolute atomic E-state index is 0.0127. The number of benzene rings is 1. The van der Waals surface area contributed by atoms with Crippen LogP contribution >= 0.6 is 0 Å². The maximum Gasteiger partial charge on any atom is 0.261 e. The fourth-order valence-corrected chi connectivity index (χ4v) is 3.17. The Hall–Kier alpha value is -1.71. The summed E-state index contributed by atoms with van der Waals surface area (Å²) in [6.07, 6.45) is 5.88. The normalized spacial score (nSPS) is 15.6. The summed E-state index contributed by atoms with van der Waals surface area (Å²) >= 11 is 0. The summed E-state index contributed by atoms with van der Waals surface area (Å²) in [6.45, 7) is 2.75. The minimum atomic E-state index is 0.0127. The Morgan fingerprint density at radius 3 is 2.19 bits per heavy atom. The average Bonchev–Trinajstić information content (AvgIpc) is 2.55. The lowest BCUT2D eigenvalue weighted by atomic mass is 9.93. The van der Waals surface area contributed by atoms with Crippen molar-refractivity contribution in [3.8, 4) is 11.5 Å². The Morgan fingerprint density at radius 1 is 1.14 bits per heavy atom. The predicted molar refractivity (Wildman–Crippen MR) is 83.1 cm³/mol. The van der Waals surface area contributed by atoms with Crippen LogP contribution in [0.25, 0.3) is 0 Å². The number of nitrogens with zero attached hydrogens (tertiary/aromatic N) is 1. The van der Waals surface area contributed by atoms with Gasteiger partial charge in [-0.3, -0.25) is 4.79 Å². The molecule has 21 heavy (non-hydrogen) atoms. The van der Waals surface area contributed by atoms with E-state index in [1.165, 1.54) is 19.3 Å². The molecular formula is C17H25NO3. The lowest BCUT2D eigenvalue weighted by Gasteiger charge is -2.34. The molecule has 1 aromatic rings. The molecule has 0 bridgehead atoms. The lowest BCUT2D eigenvalue weighted by molar-refractivity contribution is 0.0641. The van der Waals surface area contributed by atoms with E-state index in [0.717, 1.165) is 12.8 Å². The van der Waals surface area contributed by atoms with Crippen molar-refractivity contribution in [1.82, 2.24) is 4.90 Å². The molecule has 0 unspecified atom stereocenters. The second-order valence-corrected chi connectivity index (χ2v) is 5.42. The van der Waals surface area contributed by atoms with Crippen molar-refractivity contribution in [2.75, 3.05) is 20.8 Å². The largest absolute Gasteiger partial charge is 0.496 e. The van der Waals surface area contributed by atoms with Crippen LogP contribution in [0.15, 0.2) is 18.2 Å². The number of hydrogen-bond acceptors (Lipinski definition) is 3. The van der Waals surface area contributed by atoms with Gasteiger partial charge in [-0.15, -0.1) is 0 Å². The topological polar surface area (TPSA) is 38.8 Å². The molecule has 0 aliphatic heterocycles. The molecule has 0 N–H and O–H groups in total. The van der Waals surface area contributed by atoms with Crippen molar-refractivity contribution in [1.29, 1.82) is 0 Å². The van der Waals surface area contributed by atoms with Crippen LogP contribution in [0, 0.1) is 0 Å². The first-order chi connectivity index (χ1) is 10.2. The molecule has 1 aromatic carbocycles. The summed E-state index contributed by atoms with van der Waals surface area (Å²) in [7, 11) is 3.17. The summed E-state index contributed by atoms with van der Waals surface area (Å²) in [5, 5.41) is 0. The molecule has 1 aliphatic rings. The zero-order chi connectivity index (χ0) is 15.2. The molecule has 0 saturated heterocycles. The molecule has 116 valence electrons. The molecule has 1 saturated carbocycles. The molecule has 1 aliphatic carbocycles. The average molecular weight is 291 g/mol. The maximum absolute atomic E-state index is 13.0. The van der Waals surface area contributed by atoms with Crippen LogP contribution in [0.1, 0.15) is 49.4 Å². The lowest BCUT2D eigenvalue weighted by Crippen LogP contribution is -2.41. The molecule has 4 heteroatoms. The first kappa shape index (κ1) is 15.7. The molecular weight excluding hydrogens is 266 g/mol. The minimum Gasteiger partial charge on any atom is -0.496 e. The van der Waals surface area contributed by atoms with E-state index in [1.807, 2.05) is 30.0 Å². The second kappa shape index (κ2) is 7.34. The van der Waals surface area contributed by atoms with Crippen LogP contribution in [0.5, 0.6) is 11.5 Å². The van der Waals surface area contributed by atoms with Crippen molar-refractivity contribution >= 4 is 5.91 Å². The third kappa shape index (κ3) is 3.31. The molecule has 0 aromatic heterocycles. The molecule has 0 heterocycles. The Bertz CT molecular complexity index is 459. The van der Waals surface area contributed by atoms with Gasteiger partial charge in [0.15, 0.2) is 0 Å². The smallest absolute Gasteiger partial charge is 0.261 e. The van der Waals surface area contributed by atoms with Crippen LogP contribution in [0.3, 0.4) is 0 Å². The number of carbonyl (C=O) groups is 1. The van der Waals surface area contributed by atoms with Crippen molar-refractivity contribution in [3.05, 3.63) is 23.8 Å². The van der Waals surface area contributed by atoms with E-state index < -0.39 is 0 Å². The van der Waals surface area contributed by atoms with Crippen molar-refractivity contribution in [2.24, 2.45) is 0 Å². The predicted octanol–water partition coefficient (Wildman–Crippen LogP) is 3.50. The molecule has 0 spiro atoms. The van der Waals surface area contributed by atoms with E-state index in [1.54, 1.807) is 14.2 Å². The van der Waals surface area contributed by atoms with E-state index in [0.29, 0.717) is 29.6 Å². The molecule has 2 rings (SSSR count). The second-order valence-electron chi connectivity index (χ2n) is 5.42. The highest BCUT2D eigenvalue weighted by Crippen LogP contribution is 2.32. The van der Waals surface area contributed by atoms with Crippen molar-refractivity contribution in [2.45, 2.75) is 45.1 Å². The van der Waals surface area contributed by atoms with E-state index in [-0.39, 0.29) is 5.91 Å². The van der Waals surface area contributed by atoms with Crippen molar-refractivity contribution < 1.29 is 14.3 Å². The SMILES string of the molecule is CCN(C(=O)c1c(OC)cccc1OC)C1CCCCC1. The Kier molecular flexibility index (Phi) is 5.48. The number of rotatable bonds is 5. The van der Waals surface area contributed by atoms with E-state index in [2.05, 4.69) is 0 Å². The standard InChI is InChI=1S/C17H25NO3/c1-4-18(13-9-6-5-7-10-13)17(19)16-14(20-2)11-8-12-15(16)21-3/h8,11-13H,4-7,9-10H2,1-3H3. The van der Waals surface area contributed by atoms with Gasteiger partial charge in [-0.1, -0.05) is 25.3 Å². The number of methoxy groups -OCH3 is 2. The Balaban J connectivity index is 2.32. The number of ether oxygens (including phenoxy) is 2. The van der Waals surface area contributed by atoms with Gasteiger partial charge in [0.1, 0.15) is 17.1 Å². The third-order valence-electron chi connectivity index (χ3n) is 4.26. The highest BCUT2D eigenvalue weighted by Gasteiger charge is 2.28. The first-order valence-corrected chi connectivity index (χ1v) is 7.74. The van der Waals surface area contributed by atoms with Crippen LogP contribution in [0.2, 0.25) is 0 Å². The van der Waals surface area contributed by atoms with E-state index in [4.69, 9.17) is 9.47 Å². The summed E-state index contributed by atoms with van der Waals surface area (Å²) < 4.78 is 10.7. The number of hydrogen-bond donors (Lipinski definition) is 0. The summed E-state index contributed by atoms with van der Waals surface area (Å²) in [5.74, 6) is 1.17. The van der Waals surface area contributed by atoms with Gasteiger partial charge < -0.3 is 14.4 Å². The molecule has 1 amide bonds. The van der Waals surface area contributed by atoms with Gasteiger partial charge in [0.25, 0.3) is 5.91 Å². The van der Waals surface area contributed by atoms with Gasteiger partial charge in [0.05, 0.1) is 14.2 Å². The zero-order valence-corrected chi connectivity index (χ0v) is 13.2. The van der Waals surface area contributed by atoms with Gasteiger partial charge in [0.2, 0.25) is 0 Å². The van der Waals surface area contributed by atoms with E-state index in [9.17, 15) is 4.79 Å². The van der Waals surface area contributed by atoms with Crippen LogP contribution in [-0.2, 0) is 0 Å². The van der Waals surface area contributed by atoms with Gasteiger partial charge >= 0.3 is 0 Å². The first-order valence-electron chi connectivity index (χ1n) is 7.74. The van der Waals surface area contributed by atoms with Gasteiger partial charge in [0, 0.05) is 12.6 Å². The summed E-state index contributed by atoms with van der Waals surface area (Å²) in [4.78, 5) is 15.0. The van der Waals surface area contributed by atoms with Gasteiger partial charge in [-0.05, 0) is 31.9 Å². The summed E-state index contributed by atoms with van der Waals surface area (Å²) in [5.41, 5.74) is 0.537. The Labute approximate surface area is 127 Å².